The van der Waals surface area contributed by atoms with E-state index in [9.17, 15) is 0 Å². The molecule has 0 radical (unpaired) electrons. The van der Waals surface area contributed by atoms with E-state index >= 15 is 0 Å². The van der Waals surface area contributed by atoms with Crippen molar-refractivity contribution in [3.63, 3.8) is 0 Å². The predicted molar refractivity (Wildman–Crippen MR) is 75.6 cm³/mol. The molecule has 1 atom stereocenters. The number of nitrogens with one attached hydrogen (secondary N) is 1. The number of methoxy groups -OCH3 is 1. The van der Waals surface area contributed by atoms with Gasteiger partial charge in [-0.05, 0) is 37.1 Å². The maximum Gasteiger partial charge on any atom is 0.161 e. The van der Waals surface area contributed by atoms with Crippen molar-refractivity contribution in [2.24, 2.45) is 0 Å². The molecule has 3 nitrogen and oxygen atoms in total. The van der Waals surface area contributed by atoms with Gasteiger partial charge in [-0.3, -0.25) is 0 Å². The molecule has 1 N–H and O–H groups in total. The zero-order chi connectivity index (χ0) is 13.4. The molecule has 0 aromatic heterocycles. The molecule has 0 amide bonds. The van der Waals surface area contributed by atoms with Gasteiger partial charge in [-0.15, -0.1) is 0 Å². The summed E-state index contributed by atoms with van der Waals surface area (Å²) in [4.78, 5) is 0. The van der Waals surface area contributed by atoms with Crippen LogP contribution in [0.25, 0.3) is 0 Å². The summed E-state index contributed by atoms with van der Waals surface area (Å²) in [5.41, 5.74) is 1.26. The Hall–Kier alpha value is -1.22. The molecule has 0 aliphatic rings. The summed E-state index contributed by atoms with van der Waals surface area (Å²) in [5, 5.41) is 3.31. The van der Waals surface area contributed by atoms with Crippen molar-refractivity contribution in [1.82, 2.24) is 5.32 Å². The van der Waals surface area contributed by atoms with Crippen LogP contribution in [-0.4, -0.2) is 26.3 Å². The Morgan fingerprint density at radius 3 is 2.50 bits per heavy atom. The number of ether oxygens (including phenoxy) is 2. The largest absolute Gasteiger partial charge is 0.493 e. The van der Waals surface area contributed by atoms with Crippen LogP contribution < -0.4 is 14.8 Å². The Morgan fingerprint density at radius 2 is 1.94 bits per heavy atom. The molecule has 1 rings (SSSR count). The maximum absolute atomic E-state index is 6.00. The second kappa shape index (κ2) is 7.98. The average Bonchev–Trinajstić information content (AvgIpc) is 2.43. The molecule has 0 saturated heterocycles. The van der Waals surface area contributed by atoms with Gasteiger partial charge >= 0.3 is 0 Å². The number of likely N-dealkylation sites (N-methyl/N-ethyl adjacent to an activating group) is 1. The van der Waals surface area contributed by atoms with Crippen molar-refractivity contribution in [3.05, 3.63) is 23.8 Å². The van der Waals surface area contributed by atoms with E-state index in [0.29, 0.717) is 0 Å². The molecular formula is C15H25NO2. The van der Waals surface area contributed by atoms with Crippen molar-refractivity contribution in [2.75, 3.05) is 20.2 Å². The number of rotatable bonds is 8. The highest BCUT2D eigenvalue weighted by molar-refractivity contribution is 5.43. The highest BCUT2D eigenvalue weighted by Crippen LogP contribution is 2.29. The summed E-state index contributed by atoms with van der Waals surface area (Å²) in [5.74, 6) is 1.66. The van der Waals surface area contributed by atoms with E-state index in [-0.39, 0.29) is 6.10 Å². The fourth-order valence-electron chi connectivity index (χ4n) is 1.78. The minimum absolute atomic E-state index is 0.186. The van der Waals surface area contributed by atoms with E-state index in [4.69, 9.17) is 9.47 Å². The van der Waals surface area contributed by atoms with Gasteiger partial charge in [0.25, 0.3) is 0 Å². The van der Waals surface area contributed by atoms with Gasteiger partial charge in [0.1, 0.15) is 6.10 Å². The fourth-order valence-corrected chi connectivity index (χ4v) is 1.78. The van der Waals surface area contributed by atoms with Gasteiger partial charge in [0.2, 0.25) is 0 Å². The second-order valence-electron chi connectivity index (χ2n) is 4.29. The van der Waals surface area contributed by atoms with Gasteiger partial charge in [0, 0.05) is 6.54 Å². The lowest BCUT2D eigenvalue weighted by atomic mass is 10.1. The summed E-state index contributed by atoms with van der Waals surface area (Å²) in [6.45, 7) is 8.20. The Morgan fingerprint density at radius 1 is 1.17 bits per heavy atom. The van der Waals surface area contributed by atoms with Gasteiger partial charge in [0.15, 0.2) is 11.5 Å². The van der Waals surface area contributed by atoms with Crippen LogP contribution in [-0.2, 0) is 6.42 Å². The van der Waals surface area contributed by atoms with E-state index in [1.165, 1.54) is 5.56 Å². The Bertz CT molecular complexity index is 352. The standard InChI is InChI=1S/C15H25NO2/c1-5-12-8-9-14(15(10-12)17-4)18-13(6-2)11-16-7-3/h8-10,13,16H,5-7,11H2,1-4H3. The highest BCUT2D eigenvalue weighted by Gasteiger charge is 2.11. The lowest BCUT2D eigenvalue weighted by Crippen LogP contribution is -2.30. The van der Waals surface area contributed by atoms with Crippen LogP contribution in [0, 0.1) is 0 Å². The first kappa shape index (κ1) is 14.8. The number of hydrogen-bond donors (Lipinski definition) is 1. The molecule has 0 heterocycles. The third kappa shape index (κ3) is 4.22. The van der Waals surface area contributed by atoms with Gasteiger partial charge in [0.05, 0.1) is 7.11 Å². The van der Waals surface area contributed by atoms with Gasteiger partial charge in [-0.2, -0.15) is 0 Å². The smallest absolute Gasteiger partial charge is 0.161 e. The summed E-state index contributed by atoms with van der Waals surface area (Å²) in [6, 6.07) is 6.15. The first-order chi connectivity index (χ1) is 8.74. The van der Waals surface area contributed by atoms with Crippen LogP contribution in [0.5, 0.6) is 11.5 Å². The van der Waals surface area contributed by atoms with Crippen LogP contribution in [0.15, 0.2) is 18.2 Å². The van der Waals surface area contributed by atoms with E-state index in [1.807, 2.05) is 6.07 Å². The Kier molecular flexibility index (Phi) is 6.58. The minimum atomic E-state index is 0.186. The van der Waals surface area contributed by atoms with E-state index < -0.39 is 0 Å². The fraction of sp³-hybridized carbons (Fsp3) is 0.600. The summed E-state index contributed by atoms with van der Waals surface area (Å²) in [7, 11) is 1.69. The van der Waals surface area contributed by atoms with Crippen LogP contribution in [0.4, 0.5) is 0 Å². The first-order valence-electron chi connectivity index (χ1n) is 6.79. The number of hydrogen-bond acceptors (Lipinski definition) is 3. The topological polar surface area (TPSA) is 30.5 Å². The molecule has 0 aliphatic heterocycles. The minimum Gasteiger partial charge on any atom is -0.493 e. The first-order valence-corrected chi connectivity index (χ1v) is 6.79. The monoisotopic (exact) mass is 251 g/mol. The number of benzene rings is 1. The summed E-state index contributed by atoms with van der Waals surface area (Å²) >= 11 is 0. The maximum atomic E-state index is 6.00. The number of aryl methyl sites for hydroxylation is 1. The molecule has 0 fully saturated rings. The van der Waals surface area contributed by atoms with Gasteiger partial charge in [-0.25, -0.2) is 0 Å². The molecule has 0 bridgehead atoms. The molecule has 18 heavy (non-hydrogen) atoms. The predicted octanol–water partition coefficient (Wildman–Crippen LogP) is 3.02. The van der Waals surface area contributed by atoms with Crippen LogP contribution >= 0.6 is 0 Å². The van der Waals surface area contributed by atoms with E-state index in [1.54, 1.807) is 7.11 Å². The van der Waals surface area contributed by atoms with Crippen molar-refractivity contribution >= 4 is 0 Å². The van der Waals surface area contributed by atoms with Gasteiger partial charge < -0.3 is 14.8 Å². The Balaban J connectivity index is 2.75. The third-order valence-electron chi connectivity index (χ3n) is 3.01. The molecule has 0 saturated carbocycles. The Labute approximate surface area is 110 Å². The molecule has 1 aromatic rings. The van der Waals surface area contributed by atoms with Gasteiger partial charge in [-0.1, -0.05) is 26.8 Å². The zero-order valence-electron chi connectivity index (χ0n) is 12.0. The third-order valence-corrected chi connectivity index (χ3v) is 3.01. The van der Waals surface area contributed by atoms with E-state index in [2.05, 4.69) is 38.2 Å². The molecular weight excluding hydrogens is 226 g/mol. The van der Waals surface area contributed by atoms with Crippen molar-refractivity contribution in [1.29, 1.82) is 0 Å². The van der Waals surface area contributed by atoms with Crippen molar-refractivity contribution < 1.29 is 9.47 Å². The molecule has 3 heteroatoms. The van der Waals surface area contributed by atoms with Crippen molar-refractivity contribution in [2.45, 2.75) is 39.7 Å². The van der Waals surface area contributed by atoms with Crippen molar-refractivity contribution in [3.8, 4) is 11.5 Å². The SMILES string of the molecule is CCNCC(CC)Oc1ccc(CC)cc1OC. The second-order valence-corrected chi connectivity index (χ2v) is 4.29. The molecule has 0 spiro atoms. The molecule has 0 aliphatic carbocycles. The molecule has 102 valence electrons. The van der Waals surface area contributed by atoms with Crippen LogP contribution in [0.2, 0.25) is 0 Å². The highest BCUT2D eigenvalue weighted by atomic mass is 16.5. The van der Waals surface area contributed by atoms with E-state index in [0.717, 1.165) is 37.4 Å². The lowest BCUT2D eigenvalue weighted by Gasteiger charge is -2.20. The average molecular weight is 251 g/mol. The normalized spacial score (nSPS) is 12.2. The summed E-state index contributed by atoms with van der Waals surface area (Å²) in [6.07, 6.45) is 2.17. The summed E-state index contributed by atoms with van der Waals surface area (Å²) < 4.78 is 11.4. The molecule has 1 aromatic carbocycles. The lowest BCUT2D eigenvalue weighted by molar-refractivity contribution is 0.186. The molecule has 1 unspecified atom stereocenters. The van der Waals surface area contributed by atoms with Crippen LogP contribution in [0.3, 0.4) is 0 Å². The van der Waals surface area contributed by atoms with Crippen LogP contribution in [0.1, 0.15) is 32.8 Å². The quantitative estimate of drug-likeness (QED) is 0.770. The zero-order valence-corrected chi connectivity index (χ0v) is 12.0.